The number of para-hydroxylation sites is 1. The van der Waals surface area contributed by atoms with E-state index in [-0.39, 0.29) is 11.5 Å². The lowest BCUT2D eigenvalue weighted by atomic mass is 9.86. The highest BCUT2D eigenvalue weighted by atomic mass is 16.5. The quantitative estimate of drug-likeness (QED) is 0.900. The van der Waals surface area contributed by atoms with Gasteiger partial charge in [0.2, 0.25) is 5.88 Å². The van der Waals surface area contributed by atoms with E-state index in [1.54, 1.807) is 6.20 Å². The van der Waals surface area contributed by atoms with Crippen molar-refractivity contribution in [3.05, 3.63) is 53.7 Å². The van der Waals surface area contributed by atoms with Crippen LogP contribution in [0.5, 0.6) is 11.6 Å². The van der Waals surface area contributed by atoms with E-state index in [9.17, 15) is 0 Å². The fraction of sp³-hybridized carbons (Fsp3) is 0.389. The van der Waals surface area contributed by atoms with Crippen LogP contribution in [0.25, 0.3) is 0 Å². The molecule has 112 valence electrons. The SMILES string of the molecule is CNC(C)c1cccnc1Oc1ccccc1C(C)(C)C. The van der Waals surface area contributed by atoms with Gasteiger partial charge in [-0.15, -0.1) is 0 Å². The third-order valence-electron chi connectivity index (χ3n) is 3.60. The van der Waals surface area contributed by atoms with Crippen molar-refractivity contribution in [2.45, 2.75) is 39.2 Å². The molecule has 1 heterocycles. The van der Waals surface area contributed by atoms with Gasteiger partial charge in [0.05, 0.1) is 0 Å². The summed E-state index contributed by atoms with van der Waals surface area (Å²) >= 11 is 0. The molecule has 0 bridgehead atoms. The maximum atomic E-state index is 6.14. The Bertz CT molecular complexity index is 602. The fourth-order valence-electron chi connectivity index (χ4n) is 2.25. The highest BCUT2D eigenvalue weighted by Crippen LogP contribution is 2.35. The first-order valence-corrected chi connectivity index (χ1v) is 7.33. The average Bonchev–Trinajstić information content (AvgIpc) is 2.46. The number of nitrogens with one attached hydrogen (secondary N) is 1. The lowest BCUT2D eigenvalue weighted by molar-refractivity contribution is 0.427. The van der Waals surface area contributed by atoms with Crippen LogP contribution in [0, 0.1) is 0 Å². The zero-order chi connectivity index (χ0) is 15.5. The molecule has 21 heavy (non-hydrogen) atoms. The summed E-state index contributed by atoms with van der Waals surface area (Å²) in [5.41, 5.74) is 2.27. The Morgan fingerprint density at radius 1 is 1.10 bits per heavy atom. The van der Waals surface area contributed by atoms with E-state index < -0.39 is 0 Å². The maximum Gasteiger partial charge on any atom is 0.223 e. The number of hydrogen-bond acceptors (Lipinski definition) is 3. The summed E-state index contributed by atoms with van der Waals surface area (Å²) in [6.45, 7) is 8.65. The third-order valence-corrected chi connectivity index (χ3v) is 3.60. The van der Waals surface area contributed by atoms with Gasteiger partial charge in [-0.1, -0.05) is 45.0 Å². The summed E-state index contributed by atoms with van der Waals surface area (Å²) in [4.78, 5) is 4.40. The number of hydrogen-bond donors (Lipinski definition) is 1. The molecule has 1 atom stereocenters. The molecular formula is C18H24N2O. The highest BCUT2D eigenvalue weighted by Gasteiger charge is 2.20. The second-order valence-electron chi connectivity index (χ2n) is 6.26. The number of nitrogens with zero attached hydrogens (tertiary/aromatic N) is 1. The van der Waals surface area contributed by atoms with Crippen LogP contribution in [0.1, 0.15) is 44.9 Å². The maximum absolute atomic E-state index is 6.14. The molecule has 0 radical (unpaired) electrons. The van der Waals surface area contributed by atoms with E-state index in [1.165, 1.54) is 5.56 Å². The van der Waals surface area contributed by atoms with E-state index in [1.807, 2.05) is 37.4 Å². The average molecular weight is 284 g/mol. The van der Waals surface area contributed by atoms with E-state index in [4.69, 9.17) is 4.74 Å². The molecular weight excluding hydrogens is 260 g/mol. The molecule has 3 heteroatoms. The zero-order valence-electron chi connectivity index (χ0n) is 13.5. The lowest BCUT2D eigenvalue weighted by Gasteiger charge is -2.23. The third kappa shape index (κ3) is 3.61. The van der Waals surface area contributed by atoms with E-state index in [0.717, 1.165) is 11.3 Å². The normalized spacial score (nSPS) is 13.0. The van der Waals surface area contributed by atoms with Gasteiger partial charge >= 0.3 is 0 Å². The number of aromatic nitrogens is 1. The van der Waals surface area contributed by atoms with Crippen molar-refractivity contribution < 1.29 is 4.74 Å². The van der Waals surface area contributed by atoms with Crippen LogP contribution in [0.15, 0.2) is 42.6 Å². The Hall–Kier alpha value is -1.87. The number of benzene rings is 1. The number of ether oxygens (including phenoxy) is 1. The smallest absolute Gasteiger partial charge is 0.223 e. The molecule has 0 aliphatic carbocycles. The Labute approximate surface area is 127 Å². The molecule has 1 aromatic heterocycles. The van der Waals surface area contributed by atoms with Crippen molar-refractivity contribution in [1.29, 1.82) is 0 Å². The van der Waals surface area contributed by atoms with Crippen molar-refractivity contribution in [2.24, 2.45) is 0 Å². The lowest BCUT2D eigenvalue weighted by Crippen LogP contribution is -2.15. The van der Waals surface area contributed by atoms with Crippen molar-refractivity contribution in [3.8, 4) is 11.6 Å². The van der Waals surface area contributed by atoms with Crippen LogP contribution in [0.3, 0.4) is 0 Å². The molecule has 3 nitrogen and oxygen atoms in total. The van der Waals surface area contributed by atoms with Crippen LogP contribution in [-0.2, 0) is 5.41 Å². The molecule has 0 spiro atoms. The van der Waals surface area contributed by atoms with Gasteiger partial charge in [-0.3, -0.25) is 0 Å². The van der Waals surface area contributed by atoms with Crippen LogP contribution in [0.2, 0.25) is 0 Å². The van der Waals surface area contributed by atoms with E-state index >= 15 is 0 Å². The predicted molar refractivity (Wildman–Crippen MR) is 86.9 cm³/mol. The predicted octanol–water partition coefficient (Wildman–Crippen LogP) is 4.45. The minimum atomic E-state index is 0.0279. The molecule has 1 N–H and O–H groups in total. The van der Waals surface area contributed by atoms with Crippen LogP contribution < -0.4 is 10.1 Å². The van der Waals surface area contributed by atoms with Gasteiger partial charge in [-0.25, -0.2) is 4.98 Å². The van der Waals surface area contributed by atoms with Gasteiger partial charge in [0.25, 0.3) is 0 Å². The van der Waals surface area contributed by atoms with Crippen molar-refractivity contribution in [2.75, 3.05) is 7.05 Å². The molecule has 1 unspecified atom stereocenters. The molecule has 0 fully saturated rings. The van der Waals surface area contributed by atoms with Crippen LogP contribution >= 0.6 is 0 Å². The Balaban J connectivity index is 2.40. The summed E-state index contributed by atoms with van der Waals surface area (Å²) in [5.74, 6) is 1.53. The second-order valence-corrected chi connectivity index (χ2v) is 6.26. The zero-order valence-corrected chi connectivity index (χ0v) is 13.5. The largest absolute Gasteiger partial charge is 0.438 e. The molecule has 0 aliphatic heterocycles. The van der Waals surface area contributed by atoms with Gasteiger partial charge in [-0.05, 0) is 31.5 Å². The minimum Gasteiger partial charge on any atom is -0.438 e. The first-order valence-electron chi connectivity index (χ1n) is 7.33. The highest BCUT2D eigenvalue weighted by molar-refractivity contribution is 5.42. The van der Waals surface area contributed by atoms with Crippen molar-refractivity contribution in [1.82, 2.24) is 10.3 Å². The van der Waals surface area contributed by atoms with Crippen molar-refractivity contribution >= 4 is 0 Å². The van der Waals surface area contributed by atoms with Crippen molar-refractivity contribution in [3.63, 3.8) is 0 Å². The second kappa shape index (κ2) is 6.27. The Kier molecular flexibility index (Phi) is 4.63. The van der Waals surface area contributed by atoms with Crippen LogP contribution in [-0.4, -0.2) is 12.0 Å². The number of pyridine rings is 1. The molecule has 2 rings (SSSR count). The molecule has 1 aromatic carbocycles. The Morgan fingerprint density at radius 3 is 2.48 bits per heavy atom. The first-order chi connectivity index (χ1) is 9.93. The van der Waals surface area contributed by atoms with Gasteiger partial charge in [0.1, 0.15) is 5.75 Å². The minimum absolute atomic E-state index is 0.0279. The van der Waals surface area contributed by atoms with Gasteiger partial charge in [0.15, 0.2) is 0 Å². The van der Waals surface area contributed by atoms with Gasteiger partial charge in [-0.2, -0.15) is 0 Å². The van der Waals surface area contributed by atoms with E-state index in [2.05, 4.69) is 44.1 Å². The summed E-state index contributed by atoms with van der Waals surface area (Å²) in [5, 5.41) is 3.23. The van der Waals surface area contributed by atoms with Gasteiger partial charge in [0, 0.05) is 23.4 Å². The molecule has 0 saturated heterocycles. The topological polar surface area (TPSA) is 34.2 Å². The monoisotopic (exact) mass is 284 g/mol. The summed E-state index contributed by atoms with van der Waals surface area (Å²) in [7, 11) is 1.94. The molecule has 0 amide bonds. The standard InChI is InChI=1S/C18H24N2O/c1-13(19-5)14-9-8-12-20-17(14)21-16-11-7-6-10-15(16)18(2,3)4/h6-13,19H,1-5H3. The van der Waals surface area contributed by atoms with Gasteiger partial charge < -0.3 is 10.1 Å². The molecule has 0 saturated carbocycles. The molecule has 0 aliphatic rings. The number of rotatable bonds is 4. The molecule has 2 aromatic rings. The fourth-order valence-corrected chi connectivity index (χ4v) is 2.25. The summed E-state index contributed by atoms with van der Waals surface area (Å²) in [6.07, 6.45) is 1.76. The summed E-state index contributed by atoms with van der Waals surface area (Å²) in [6, 6.07) is 12.3. The van der Waals surface area contributed by atoms with Crippen LogP contribution in [0.4, 0.5) is 0 Å². The first kappa shape index (κ1) is 15.5. The summed E-state index contributed by atoms with van der Waals surface area (Å²) < 4.78 is 6.14. The Morgan fingerprint density at radius 2 is 1.81 bits per heavy atom. The van der Waals surface area contributed by atoms with E-state index in [0.29, 0.717) is 5.88 Å².